The zero-order chi connectivity index (χ0) is 14.3. The first kappa shape index (κ1) is 14.4. The Balaban J connectivity index is 2.68. The van der Waals surface area contributed by atoms with Crippen LogP contribution in [0.15, 0.2) is 30.3 Å². The van der Waals surface area contributed by atoms with Gasteiger partial charge in [0, 0.05) is 6.08 Å². The van der Waals surface area contributed by atoms with Crippen LogP contribution in [0.25, 0.3) is 6.08 Å². The van der Waals surface area contributed by atoms with Gasteiger partial charge in [-0.05, 0) is 23.8 Å². The molecule has 0 saturated heterocycles. The predicted molar refractivity (Wildman–Crippen MR) is 66.8 cm³/mol. The van der Waals surface area contributed by atoms with E-state index in [9.17, 15) is 9.59 Å². The van der Waals surface area contributed by atoms with Crippen LogP contribution < -0.4 is 5.32 Å². The Bertz CT molecular complexity index is 546. The number of hydrogen-bond acceptors (Lipinski definition) is 4. The van der Waals surface area contributed by atoms with Gasteiger partial charge in [-0.2, -0.15) is 5.26 Å². The number of carboxylic acid groups (broad SMARTS) is 1. The Kier molecular flexibility index (Phi) is 5.26. The van der Waals surface area contributed by atoms with Crippen molar-refractivity contribution in [3.63, 3.8) is 0 Å². The SMILES string of the molecule is N#Cc1cccc(/C=C/C(=O)NC(CO)C(=O)O)c1. The van der Waals surface area contributed by atoms with Gasteiger partial charge in [0.25, 0.3) is 0 Å². The van der Waals surface area contributed by atoms with Crippen molar-refractivity contribution >= 4 is 18.0 Å². The van der Waals surface area contributed by atoms with Gasteiger partial charge in [-0.15, -0.1) is 0 Å². The zero-order valence-corrected chi connectivity index (χ0v) is 9.91. The molecule has 1 unspecified atom stereocenters. The molecule has 0 saturated carbocycles. The summed E-state index contributed by atoms with van der Waals surface area (Å²) in [5.74, 6) is -1.94. The molecule has 0 aromatic heterocycles. The number of aliphatic hydroxyl groups is 1. The molecular formula is C13H12N2O4. The van der Waals surface area contributed by atoms with E-state index in [2.05, 4.69) is 5.32 Å². The number of rotatable bonds is 5. The fraction of sp³-hybridized carbons (Fsp3) is 0.154. The molecule has 3 N–H and O–H groups in total. The lowest BCUT2D eigenvalue weighted by molar-refractivity contribution is -0.142. The lowest BCUT2D eigenvalue weighted by Crippen LogP contribution is -2.42. The maximum atomic E-state index is 11.4. The van der Waals surface area contributed by atoms with Crippen molar-refractivity contribution in [3.05, 3.63) is 41.5 Å². The molecule has 19 heavy (non-hydrogen) atoms. The van der Waals surface area contributed by atoms with E-state index < -0.39 is 24.5 Å². The molecule has 0 radical (unpaired) electrons. The second-order valence-electron chi connectivity index (χ2n) is 3.65. The molecule has 0 heterocycles. The Morgan fingerprint density at radius 1 is 1.47 bits per heavy atom. The van der Waals surface area contributed by atoms with Crippen LogP contribution in [0.3, 0.4) is 0 Å². The van der Waals surface area contributed by atoms with Crippen molar-refractivity contribution < 1.29 is 19.8 Å². The maximum Gasteiger partial charge on any atom is 0.328 e. The van der Waals surface area contributed by atoms with E-state index >= 15 is 0 Å². The quantitative estimate of drug-likeness (QED) is 0.652. The molecular weight excluding hydrogens is 248 g/mol. The minimum absolute atomic E-state index is 0.460. The summed E-state index contributed by atoms with van der Waals surface area (Å²) in [6.45, 7) is -0.682. The number of aliphatic hydroxyl groups excluding tert-OH is 1. The van der Waals surface area contributed by atoms with Crippen LogP contribution in [-0.2, 0) is 9.59 Å². The highest BCUT2D eigenvalue weighted by Gasteiger charge is 2.16. The van der Waals surface area contributed by atoms with Crippen LogP contribution in [0.5, 0.6) is 0 Å². The Morgan fingerprint density at radius 3 is 2.79 bits per heavy atom. The highest BCUT2D eigenvalue weighted by Crippen LogP contribution is 2.05. The first-order chi connectivity index (χ1) is 9.06. The van der Waals surface area contributed by atoms with Crippen LogP contribution >= 0.6 is 0 Å². The number of aliphatic carboxylic acids is 1. The van der Waals surface area contributed by atoms with Crippen LogP contribution in [0.4, 0.5) is 0 Å². The lowest BCUT2D eigenvalue weighted by Gasteiger charge is -2.09. The van der Waals surface area contributed by atoms with E-state index in [1.54, 1.807) is 24.3 Å². The Morgan fingerprint density at radius 2 is 2.21 bits per heavy atom. The number of hydrogen-bond donors (Lipinski definition) is 3. The number of amides is 1. The van der Waals surface area contributed by atoms with Gasteiger partial charge >= 0.3 is 5.97 Å². The van der Waals surface area contributed by atoms with Gasteiger partial charge in [0.15, 0.2) is 6.04 Å². The van der Waals surface area contributed by atoms with E-state index in [1.165, 1.54) is 6.08 Å². The van der Waals surface area contributed by atoms with Gasteiger partial charge in [0.2, 0.25) is 5.91 Å². The van der Waals surface area contributed by atoms with Crippen LogP contribution in [-0.4, -0.2) is 34.7 Å². The molecule has 0 aliphatic heterocycles. The van der Waals surface area contributed by atoms with Crippen molar-refractivity contribution in [1.29, 1.82) is 5.26 Å². The number of carbonyl (C=O) groups is 2. The van der Waals surface area contributed by atoms with Gasteiger partial charge < -0.3 is 15.5 Å². The Hall–Kier alpha value is -2.65. The first-order valence-electron chi connectivity index (χ1n) is 5.39. The third kappa shape index (κ3) is 4.61. The molecule has 0 spiro atoms. The maximum absolute atomic E-state index is 11.4. The molecule has 1 aromatic rings. The minimum atomic E-state index is -1.33. The largest absolute Gasteiger partial charge is 0.480 e. The molecule has 0 aliphatic rings. The smallest absolute Gasteiger partial charge is 0.328 e. The highest BCUT2D eigenvalue weighted by molar-refractivity contribution is 5.94. The molecule has 98 valence electrons. The molecule has 0 aliphatic carbocycles. The van der Waals surface area contributed by atoms with Crippen molar-refractivity contribution in [1.82, 2.24) is 5.32 Å². The molecule has 0 fully saturated rings. The average Bonchev–Trinajstić information content (AvgIpc) is 2.42. The molecule has 6 nitrogen and oxygen atoms in total. The number of nitrogens with one attached hydrogen (secondary N) is 1. The molecule has 1 atom stereocenters. The van der Waals surface area contributed by atoms with Gasteiger partial charge in [-0.25, -0.2) is 4.79 Å². The lowest BCUT2D eigenvalue weighted by atomic mass is 10.1. The van der Waals surface area contributed by atoms with Gasteiger partial charge in [0.05, 0.1) is 18.2 Å². The minimum Gasteiger partial charge on any atom is -0.480 e. The topological polar surface area (TPSA) is 110 Å². The van der Waals surface area contributed by atoms with Crippen LogP contribution in [0.1, 0.15) is 11.1 Å². The second kappa shape index (κ2) is 6.93. The van der Waals surface area contributed by atoms with Crippen molar-refractivity contribution in [2.45, 2.75) is 6.04 Å². The standard InChI is InChI=1S/C13H12N2O4/c14-7-10-3-1-2-9(6-10)4-5-12(17)15-11(8-16)13(18)19/h1-6,11,16H,8H2,(H,15,17)(H,18,19)/b5-4+. The van der Waals surface area contributed by atoms with Gasteiger partial charge in [0.1, 0.15) is 0 Å². The summed E-state index contributed by atoms with van der Waals surface area (Å²) in [6.07, 6.45) is 2.59. The summed E-state index contributed by atoms with van der Waals surface area (Å²) < 4.78 is 0. The van der Waals surface area contributed by atoms with Crippen molar-refractivity contribution in [3.8, 4) is 6.07 Å². The number of carbonyl (C=O) groups excluding carboxylic acids is 1. The fourth-order valence-electron chi connectivity index (χ4n) is 1.29. The number of carboxylic acids is 1. The van der Waals surface area contributed by atoms with Crippen molar-refractivity contribution in [2.75, 3.05) is 6.61 Å². The van der Waals surface area contributed by atoms with E-state index in [0.717, 1.165) is 6.08 Å². The number of benzene rings is 1. The summed E-state index contributed by atoms with van der Waals surface area (Å²) in [4.78, 5) is 22.0. The third-order valence-corrected chi connectivity index (χ3v) is 2.24. The average molecular weight is 260 g/mol. The summed E-state index contributed by atoms with van der Waals surface area (Å²) in [5.41, 5.74) is 1.10. The fourth-order valence-corrected chi connectivity index (χ4v) is 1.29. The second-order valence-corrected chi connectivity index (χ2v) is 3.65. The van der Waals surface area contributed by atoms with Crippen molar-refractivity contribution in [2.24, 2.45) is 0 Å². The van der Waals surface area contributed by atoms with E-state index in [-0.39, 0.29) is 0 Å². The third-order valence-electron chi connectivity index (χ3n) is 2.24. The van der Waals surface area contributed by atoms with E-state index in [0.29, 0.717) is 11.1 Å². The van der Waals surface area contributed by atoms with Gasteiger partial charge in [-0.1, -0.05) is 12.1 Å². The molecule has 1 rings (SSSR count). The predicted octanol–water partition coefficient (Wildman–Crippen LogP) is 0.133. The monoisotopic (exact) mass is 260 g/mol. The molecule has 1 aromatic carbocycles. The number of nitrogens with zero attached hydrogens (tertiary/aromatic N) is 1. The van der Waals surface area contributed by atoms with E-state index in [4.69, 9.17) is 15.5 Å². The zero-order valence-electron chi connectivity index (χ0n) is 9.91. The molecule has 0 bridgehead atoms. The summed E-state index contributed by atoms with van der Waals surface area (Å²) in [6, 6.07) is 7.22. The summed E-state index contributed by atoms with van der Waals surface area (Å²) >= 11 is 0. The highest BCUT2D eigenvalue weighted by atomic mass is 16.4. The summed E-state index contributed by atoms with van der Waals surface area (Å²) in [7, 11) is 0. The van der Waals surface area contributed by atoms with Crippen LogP contribution in [0.2, 0.25) is 0 Å². The first-order valence-corrected chi connectivity index (χ1v) is 5.39. The van der Waals surface area contributed by atoms with Crippen LogP contribution in [0, 0.1) is 11.3 Å². The molecule has 1 amide bonds. The van der Waals surface area contributed by atoms with E-state index in [1.807, 2.05) is 6.07 Å². The number of nitriles is 1. The Labute approximate surface area is 109 Å². The normalized spacial score (nSPS) is 11.8. The molecule has 6 heteroatoms. The summed E-state index contributed by atoms with van der Waals surface area (Å²) in [5, 5.41) is 28.2. The van der Waals surface area contributed by atoms with Gasteiger partial charge in [-0.3, -0.25) is 4.79 Å².